The highest BCUT2D eigenvalue weighted by Gasteiger charge is 1.60. The monoisotopic (exact) mass is 122 g/mol. The molecular formula is C3H10O3Si. The summed E-state index contributed by atoms with van der Waals surface area (Å²) in [6, 6.07) is 0. The highest BCUT2D eigenvalue weighted by Crippen LogP contribution is 1.55. The molecule has 0 saturated heterocycles. The Labute approximate surface area is 45.8 Å². The number of hydrogen-bond donors (Lipinski definition) is 1. The minimum atomic E-state index is 0.306. The summed E-state index contributed by atoms with van der Waals surface area (Å²) in [5.74, 6) is 0. The van der Waals surface area contributed by atoms with Gasteiger partial charge in [-0.25, -0.2) is 0 Å². The average molecular weight is 122 g/mol. The van der Waals surface area contributed by atoms with E-state index < -0.39 is 0 Å². The van der Waals surface area contributed by atoms with Gasteiger partial charge in [-0.2, -0.15) is 0 Å². The molecule has 0 aromatic rings. The van der Waals surface area contributed by atoms with Gasteiger partial charge >= 0.3 is 0 Å². The predicted octanol–water partition coefficient (Wildman–Crippen LogP) is -1.56. The molecule has 0 rings (SSSR count). The van der Waals surface area contributed by atoms with Crippen molar-refractivity contribution in [1.29, 1.82) is 0 Å². The van der Waals surface area contributed by atoms with Crippen LogP contribution in [0.15, 0.2) is 0 Å². The molecule has 0 spiro atoms. The van der Waals surface area contributed by atoms with Crippen LogP contribution in [0, 0.1) is 0 Å². The van der Waals surface area contributed by atoms with Crippen molar-refractivity contribution < 1.29 is 14.3 Å². The predicted molar refractivity (Wildman–Crippen MR) is 29.8 cm³/mol. The van der Waals surface area contributed by atoms with Crippen molar-refractivity contribution in [2.75, 3.05) is 6.61 Å². The molecule has 0 aliphatic rings. The van der Waals surface area contributed by atoms with Crippen molar-refractivity contribution in [3.8, 4) is 0 Å². The first-order chi connectivity index (χ1) is 3.41. The lowest BCUT2D eigenvalue weighted by Crippen LogP contribution is -1.80. The Hall–Kier alpha value is -0.353. The maximum absolute atomic E-state index is 9.18. The maximum Gasteiger partial charge on any atom is 0.293 e. The van der Waals surface area contributed by atoms with Crippen LogP contribution < -0.4 is 0 Å². The summed E-state index contributed by atoms with van der Waals surface area (Å²) in [5, 5.41) is 0. The summed E-state index contributed by atoms with van der Waals surface area (Å²) in [6.45, 7) is 2.66. The van der Waals surface area contributed by atoms with E-state index in [2.05, 4.69) is 4.74 Å². The Morgan fingerprint density at radius 1 is 1.86 bits per heavy atom. The van der Waals surface area contributed by atoms with Crippen LogP contribution in [0.3, 0.4) is 0 Å². The molecule has 0 heterocycles. The van der Waals surface area contributed by atoms with Crippen LogP contribution in [-0.4, -0.2) is 28.4 Å². The minimum absolute atomic E-state index is 0.306. The van der Waals surface area contributed by atoms with Gasteiger partial charge in [0, 0.05) is 0 Å². The number of carbonyl (C=O) groups is 1. The first-order valence-electron chi connectivity index (χ1n) is 1.91. The van der Waals surface area contributed by atoms with Crippen LogP contribution in [0.5, 0.6) is 0 Å². The van der Waals surface area contributed by atoms with Crippen molar-refractivity contribution in [3.63, 3.8) is 0 Å². The molecule has 1 N–H and O–H groups in total. The van der Waals surface area contributed by atoms with Gasteiger partial charge in [-0.05, 0) is 6.92 Å². The molecule has 7 heavy (non-hydrogen) atoms. The third kappa shape index (κ3) is 27.7. The highest BCUT2D eigenvalue weighted by molar-refractivity contribution is 5.95. The third-order valence-electron chi connectivity index (χ3n) is 0.235. The molecule has 0 bridgehead atoms. The molecule has 0 amide bonds. The lowest BCUT2D eigenvalue weighted by Gasteiger charge is -1.79. The van der Waals surface area contributed by atoms with E-state index in [0.717, 1.165) is 0 Å². The van der Waals surface area contributed by atoms with Gasteiger partial charge in [-0.15, -0.1) is 0 Å². The van der Waals surface area contributed by atoms with Crippen LogP contribution in [0.4, 0.5) is 0 Å². The van der Waals surface area contributed by atoms with E-state index in [9.17, 15) is 4.79 Å². The van der Waals surface area contributed by atoms with Gasteiger partial charge in [0.05, 0.1) is 6.61 Å². The first kappa shape index (κ1) is 9.82. The SMILES string of the molecule is CCOC=O.O[SiH3]. The molecule has 0 aromatic carbocycles. The van der Waals surface area contributed by atoms with Gasteiger partial charge in [-0.1, -0.05) is 0 Å². The van der Waals surface area contributed by atoms with Crippen LogP contribution >= 0.6 is 0 Å². The van der Waals surface area contributed by atoms with Gasteiger partial charge in [0.25, 0.3) is 6.47 Å². The quantitative estimate of drug-likeness (QED) is 0.356. The van der Waals surface area contributed by atoms with E-state index in [1.54, 1.807) is 6.92 Å². The van der Waals surface area contributed by atoms with Gasteiger partial charge in [-0.3, -0.25) is 4.79 Å². The normalized spacial score (nSPS) is 6.00. The molecule has 44 valence electrons. The fourth-order valence-corrected chi connectivity index (χ4v) is 0.0680. The van der Waals surface area contributed by atoms with Crippen LogP contribution in [0.2, 0.25) is 0 Å². The number of rotatable bonds is 2. The molecule has 0 fully saturated rings. The molecule has 0 atom stereocenters. The molecule has 4 heteroatoms. The summed E-state index contributed by atoms with van der Waals surface area (Å²) in [6.07, 6.45) is 0. The van der Waals surface area contributed by atoms with Gasteiger partial charge in [0.15, 0.2) is 0 Å². The van der Waals surface area contributed by atoms with Crippen LogP contribution in [-0.2, 0) is 9.53 Å². The molecule has 0 radical (unpaired) electrons. The Kier molecular flexibility index (Phi) is 24.4. The zero-order valence-corrected chi connectivity index (χ0v) is 6.55. The second kappa shape index (κ2) is 17.4. The van der Waals surface area contributed by atoms with E-state index >= 15 is 0 Å². The molecule has 0 aromatic heterocycles. The molecule has 0 aliphatic carbocycles. The van der Waals surface area contributed by atoms with Crippen molar-refractivity contribution in [2.45, 2.75) is 6.92 Å². The molecule has 3 nitrogen and oxygen atoms in total. The number of hydrogen-bond acceptors (Lipinski definition) is 3. The van der Waals surface area contributed by atoms with E-state index in [0.29, 0.717) is 23.6 Å². The third-order valence-corrected chi connectivity index (χ3v) is 0.235. The smallest absolute Gasteiger partial charge is 0.293 e. The van der Waals surface area contributed by atoms with Gasteiger partial charge in [0.2, 0.25) is 0 Å². The summed E-state index contributed by atoms with van der Waals surface area (Å²) in [4.78, 5) is 16.3. The van der Waals surface area contributed by atoms with E-state index in [1.165, 1.54) is 0 Å². The lowest BCUT2D eigenvalue weighted by atomic mass is 10.9. The van der Waals surface area contributed by atoms with Crippen molar-refractivity contribution >= 4 is 17.0 Å². The van der Waals surface area contributed by atoms with E-state index in [4.69, 9.17) is 4.80 Å². The Morgan fingerprint density at radius 3 is 2.29 bits per heavy atom. The first-order valence-corrected chi connectivity index (χ1v) is 2.81. The van der Waals surface area contributed by atoms with E-state index in [1.807, 2.05) is 0 Å². The molecule has 0 saturated carbocycles. The van der Waals surface area contributed by atoms with Gasteiger partial charge < -0.3 is 9.53 Å². The molecule has 0 unspecified atom stereocenters. The minimum Gasteiger partial charge on any atom is -0.468 e. The second-order valence-corrected chi connectivity index (χ2v) is 0.552. The summed E-state index contributed by atoms with van der Waals surface area (Å²) >= 11 is 0. The summed E-state index contributed by atoms with van der Waals surface area (Å²) in [5.41, 5.74) is 0. The Bertz CT molecular complexity index is 31.4. The van der Waals surface area contributed by atoms with Crippen LogP contribution in [0.1, 0.15) is 6.92 Å². The standard InChI is InChI=1S/C3H6O2.H4OSi/c1-2-5-3-4;1-2/h3H,2H2,1H3;1H,2H3. The van der Waals surface area contributed by atoms with E-state index in [-0.39, 0.29) is 0 Å². The largest absolute Gasteiger partial charge is 0.468 e. The Morgan fingerprint density at radius 2 is 2.29 bits per heavy atom. The molecular weight excluding hydrogens is 112 g/mol. The second-order valence-electron chi connectivity index (χ2n) is 0.552. The average Bonchev–Trinajstić information content (AvgIpc) is 1.75. The van der Waals surface area contributed by atoms with Crippen LogP contribution in [0.25, 0.3) is 0 Å². The highest BCUT2D eigenvalue weighted by atomic mass is 28.2. The number of carbonyl (C=O) groups excluding carboxylic acids is 1. The van der Waals surface area contributed by atoms with Crippen molar-refractivity contribution in [1.82, 2.24) is 0 Å². The zero-order chi connectivity index (χ0) is 6.12. The summed E-state index contributed by atoms with van der Waals surface area (Å²) in [7, 11) is 0.306. The molecule has 0 aliphatic heterocycles. The number of ether oxygens (including phenoxy) is 1. The fourth-order valence-electron chi connectivity index (χ4n) is 0.0680. The van der Waals surface area contributed by atoms with Gasteiger partial charge in [0.1, 0.15) is 10.5 Å². The van der Waals surface area contributed by atoms with Crippen molar-refractivity contribution in [3.05, 3.63) is 0 Å². The maximum atomic E-state index is 9.18. The van der Waals surface area contributed by atoms with Crippen molar-refractivity contribution in [2.24, 2.45) is 0 Å². The summed E-state index contributed by atoms with van der Waals surface area (Å²) < 4.78 is 4.15. The Balaban J connectivity index is 0. The fraction of sp³-hybridized carbons (Fsp3) is 0.667. The lowest BCUT2D eigenvalue weighted by molar-refractivity contribution is -0.128. The zero-order valence-electron chi connectivity index (χ0n) is 4.55. The topological polar surface area (TPSA) is 46.5 Å².